The molecule has 0 bridgehead atoms. The van der Waals surface area contributed by atoms with Crippen LogP contribution in [0, 0.1) is 13.8 Å². The first-order valence-electron chi connectivity index (χ1n) is 5.31. The van der Waals surface area contributed by atoms with Gasteiger partial charge in [0.1, 0.15) is 0 Å². The number of benzene rings is 2. The molecule has 3 aromatic carbocycles. The maximum atomic E-state index is 2.28. The van der Waals surface area contributed by atoms with Crippen LogP contribution in [-0.4, -0.2) is 0 Å². The smallest absolute Gasteiger partial charge is 1.00 e. The topological polar surface area (TPSA) is 0 Å². The first kappa shape index (κ1) is 17.8. The maximum absolute atomic E-state index is 2.28. The summed E-state index contributed by atoms with van der Waals surface area (Å²) in [6.07, 6.45) is 0. The summed E-state index contributed by atoms with van der Waals surface area (Å²) in [6, 6.07) is 15.5. The minimum absolute atomic E-state index is 0. The second-order valence-electron chi connectivity index (χ2n) is 4.27. The number of rotatable bonds is 0. The zero-order valence-corrected chi connectivity index (χ0v) is 14.3. The fraction of sp³-hybridized carbons (Fsp3) is 0.133. The van der Waals surface area contributed by atoms with Crippen molar-refractivity contribution in [1.82, 2.24) is 0 Å². The van der Waals surface area contributed by atoms with Gasteiger partial charge >= 0.3 is 26.2 Å². The van der Waals surface area contributed by atoms with Crippen LogP contribution in [0.2, 0.25) is 0 Å². The van der Waals surface area contributed by atoms with Gasteiger partial charge in [0, 0.05) is 0 Å². The van der Waals surface area contributed by atoms with Crippen LogP contribution in [0.25, 0.3) is 21.5 Å². The van der Waals surface area contributed by atoms with Gasteiger partial charge in [-0.3, -0.25) is 0 Å². The summed E-state index contributed by atoms with van der Waals surface area (Å²) in [4.78, 5) is 0. The molecule has 91 valence electrons. The molecule has 0 atom stereocenters. The molecular weight excluding hydrogens is 342 g/mol. The minimum atomic E-state index is 0. The van der Waals surface area contributed by atoms with Crippen LogP contribution in [0.3, 0.4) is 0 Å². The Bertz CT molecular complexity index is 656. The van der Waals surface area contributed by atoms with Gasteiger partial charge in [-0.2, -0.15) is 0 Å². The molecule has 3 aromatic rings. The Balaban J connectivity index is 0.000000963. The molecule has 0 aliphatic carbocycles. The monoisotopic (exact) mass is 353 g/mol. The van der Waals surface area contributed by atoms with E-state index < -0.39 is 0 Å². The predicted molar refractivity (Wildman–Crippen MR) is 66.5 cm³/mol. The summed E-state index contributed by atoms with van der Waals surface area (Å²) in [5, 5.41) is 5.51. The van der Waals surface area contributed by atoms with E-state index in [-0.39, 0.29) is 51.0 Å². The molecule has 0 amide bonds. The first-order chi connectivity index (χ1) is 7.25. The summed E-state index contributed by atoms with van der Waals surface area (Å²) in [5.74, 6) is 0. The van der Waals surface area contributed by atoms with Crippen molar-refractivity contribution in [1.29, 1.82) is 0 Å². The van der Waals surface area contributed by atoms with E-state index in [1.807, 2.05) is 0 Å². The molecule has 0 aliphatic heterocycles. The molecule has 0 N–H and O–H groups in total. The largest absolute Gasteiger partial charge is 3.00 e. The Labute approximate surface area is 139 Å². The molecule has 0 unspecified atom stereocenters. The van der Waals surface area contributed by atoms with Crippen molar-refractivity contribution in [2.75, 3.05) is 0 Å². The molecule has 0 saturated heterocycles. The average Bonchev–Trinajstić information content (AvgIpc) is 2.56. The standard InChI is InChI=1S/C15H13.2ClH.Zr/c1-10-6-7-14-13(8-10)9-12-5-3-4-11(2)15(12)14;;;/h3-9H,1-2H3;2*1H;/q-1;;;+3/p-2. The van der Waals surface area contributed by atoms with Crippen LogP contribution in [0.5, 0.6) is 0 Å². The Morgan fingerprint density at radius 3 is 2.33 bits per heavy atom. The second-order valence-corrected chi connectivity index (χ2v) is 4.27. The van der Waals surface area contributed by atoms with E-state index >= 15 is 0 Å². The summed E-state index contributed by atoms with van der Waals surface area (Å²) in [7, 11) is 0. The molecule has 0 spiro atoms. The second kappa shape index (κ2) is 6.80. The molecule has 0 fully saturated rings. The molecule has 0 aromatic heterocycles. The van der Waals surface area contributed by atoms with Crippen LogP contribution in [-0.2, 0) is 26.2 Å². The van der Waals surface area contributed by atoms with Crippen molar-refractivity contribution in [3.8, 4) is 0 Å². The number of aryl methyl sites for hydroxylation is 2. The van der Waals surface area contributed by atoms with Crippen molar-refractivity contribution in [2.45, 2.75) is 13.8 Å². The summed E-state index contributed by atoms with van der Waals surface area (Å²) < 4.78 is 0. The first-order valence-corrected chi connectivity index (χ1v) is 5.31. The fourth-order valence-electron chi connectivity index (χ4n) is 2.38. The van der Waals surface area contributed by atoms with E-state index in [9.17, 15) is 0 Å². The molecule has 0 heterocycles. The van der Waals surface area contributed by atoms with E-state index in [0.717, 1.165) is 0 Å². The molecule has 1 radical (unpaired) electrons. The van der Waals surface area contributed by atoms with Crippen LogP contribution >= 0.6 is 0 Å². The molecule has 3 rings (SSSR count). The van der Waals surface area contributed by atoms with Gasteiger partial charge < -0.3 is 24.8 Å². The Kier molecular flexibility index (Phi) is 6.71. The number of fused-ring (bicyclic) bond motifs is 3. The molecule has 0 aliphatic rings. The van der Waals surface area contributed by atoms with E-state index in [1.165, 1.54) is 32.7 Å². The minimum Gasteiger partial charge on any atom is -1.00 e. The molecule has 18 heavy (non-hydrogen) atoms. The summed E-state index contributed by atoms with van der Waals surface area (Å²) in [5.41, 5.74) is 2.70. The van der Waals surface area contributed by atoms with Crippen LogP contribution < -0.4 is 24.8 Å². The summed E-state index contributed by atoms with van der Waals surface area (Å²) in [6.45, 7) is 4.32. The maximum Gasteiger partial charge on any atom is 3.00 e. The van der Waals surface area contributed by atoms with Crippen LogP contribution in [0.1, 0.15) is 11.1 Å². The van der Waals surface area contributed by atoms with Crippen molar-refractivity contribution in [2.24, 2.45) is 0 Å². The van der Waals surface area contributed by atoms with Gasteiger partial charge in [-0.25, -0.2) is 0 Å². The van der Waals surface area contributed by atoms with Gasteiger partial charge in [0.05, 0.1) is 0 Å². The van der Waals surface area contributed by atoms with Gasteiger partial charge in [0.15, 0.2) is 0 Å². The Morgan fingerprint density at radius 1 is 0.889 bits per heavy atom. The fourth-order valence-corrected chi connectivity index (χ4v) is 2.38. The van der Waals surface area contributed by atoms with Gasteiger partial charge in [0.25, 0.3) is 0 Å². The normalized spacial score (nSPS) is 9.44. The van der Waals surface area contributed by atoms with Crippen molar-refractivity contribution in [3.05, 3.63) is 53.6 Å². The van der Waals surface area contributed by atoms with Gasteiger partial charge in [-0.1, -0.05) is 35.4 Å². The van der Waals surface area contributed by atoms with Crippen molar-refractivity contribution in [3.63, 3.8) is 0 Å². The zero-order valence-electron chi connectivity index (χ0n) is 10.3. The average molecular weight is 355 g/mol. The third kappa shape index (κ3) is 2.85. The third-order valence-electron chi connectivity index (χ3n) is 3.09. The van der Waals surface area contributed by atoms with Crippen molar-refractivity contribution < 1.29 is 51.0 Å². The van der Waals surface area contributed by atoms with Gasteiger partial charge in [-0.15, -0.1) is 39.7 Å². The number of halogens is 2. The number of hydrogen-bond donors (Lipinski definition) is 0. The van der Waals surface area contributed by atoms with Crippen LogP contribution in [0.4, 0.5) is 0 Å². The Morgan fingerprint density at radius 2 is 1.61 bits per heavy atom. The number of hydrogen-bond acceptors (Lipinski definition) is 0. The van der Waals surface area contributed by atoms with E-state index in [4.69, 9.17) is 0 Å². The van der Waals surface area contributed by atoms with E-state index in [2.05, 4.69) is 56.3 Å². The molecule has 0 saturated carbocycles. The Hall–Kier alpha value is -0.227. The van der Waals surface area contributed by atoms with Gasteiger partial charge in [-0.05, 0) is 13.8 Å². The molecular formula is C15H13Cl2Zr. The van der Waals surface area contributed by atoms with E-state index in [0.29, 0.717) is 0 Å². The summed E-state index contributed by atoms with van der Waals surface area (Å²) >= 11 is 0. The van der Waals surface area contributed by atoms with E-state index in [1.54, 1.807) is 0 Å². The van der Waals surface area contributed by atoms with Gasteiger partial charge in [0.2, 0.25) is 0 Å². The predicted octanol–water partition coefficient (Wildman–Crippen LogP) is -1.67. The SMILES string of the molecule is Cc1ccc2c(c1)[cH-]c1cccc(C)c12.[Cl-].[Cl-].[Zr+3]. The quantitative estimate of drug-likeness (QED) is 0.424. The van der Waals surface area contributed by atoms with Crippen molar-refractivity contribution >= 4 is 21.5 Å². The third-order valence-corrected chi connectivity index (χ3v) is 3.09. The zero-order chi connectivity index (χ0) is 10.4. The van der Waals surface area contributed by atoms with Crippen LogP contribution in [0.15, 0.2) is 42.5 Å². The molecule has 3 heteroatoms. The molecule has 0 nitrogen and oxygen atoms in total.